The van der Waals surface area contributed by atoms with Crippen molar-refractivity contribution >= 4 is 51.0 Å². The first-order valence-electron chi connectivity index (χ1n) is 8.75. The van der Waals surface area contributed by atoms with Crippen LogP contribution in [0.4, 0.5) is 0 Å². The van der Waals surface area contributed by atoms with Gasteiger partial charge >= 0.3 is 11.9 Å². The number of hydrogen-bond acceptors (Lipinski definition) is 6. The molecule has 0 aliphatic rings. The molecule has 10 heteroatoms. The number of amides is 1. The molecule has 0 unspecified atom stereocenters. The summed E-state index contributed by atoms with van der Waals surface area (Å²) in [6, 6.07) is 15.6. The van der Waals surface area contributed by atoms with Gasteiger partial charge < -0.3 is 15.5 Å². The maximum absolute atomic E-state index is 12.1. The number of carbonyl (C=O) groups is 3. The van der Waals surface area contributed by atoms with Crippen molar-refractivity contribution in [2.75, 3.05) is 13.6 Å². The molecule has 1 amide bonds. The maximum Gasteiger partial charge on any atom is 0.414 e. The Morgan fingerprint density at radius 1 is 1.07 bits per heavy atom. The molecule has 2 aromatic carbocycles. The lowest BCUT2D eigenvalue weighted by atomic mass is 10.2. The van der Waals surface area contributed by atoms with E-state index in [1.807, 2.05) is 54.4 Å². The summed E-state index contributed by atoms with van der Waals surface area (Å²) in [6.07, 6.45) is 0. The lowest BCUT2D eigenvalue weighted by Crippen LogP contribution is -2.34. The Balaban J connectivity index is 0.000000469. The van der Waals surface area contributed by atoms with Crippen molar-refractivity contribution in [1.29, 1.82) is 0 Å². The van der Waals surface area contributed by atoms with Crippen molar-refractivity contribution in [2.45, 2.75) is 13.1 Å². The summed E-state index contributed by atoms with van der Waals surface area (Å²) in [5.74, 6) is -3.68. The summed E-state index contributed by atoms with van der Waals surface area (Å²) in [7, 11) is 1.92. The second kappa shape index (κ2) is 11.2. The van der Waals surface area contributed by atoms with Crippen molar-refractivity contribution in [2.24, 2.45) is 0 Å². The lowest BCUT2D eigenvalue weighted by molar-refractivity contribution is -0.159. The molecule has 0 spiro atoms. The molecule has 0 aliphatic carbocycles. The summed E-state index contributed by atoms with van der Waals surface area (Å²) >= 11 is 7.75. The quantitative estimate of drug-likeness (QED) is 0.495. The topological polar surface area (TPSA) is 120 Å². The first-order chi connectivity index (χ1) is 14.3. The van der Waals surface area contributed by atoms with E-state index in [1.54, 1.807) is 11.3 Å². The van der Waals surface area contributed by atoms with Crippen LogP contribution < -0.4 is 5.32 Å². The zero-order valence-electron chi connectivity index (χ0n) is 16.0. The zero-order valence-corrected chi connectivity index (χ0v) is 17.6. The van der Waals surface area contributed by atoms with Crippen molar-refractivity contribution in [3.8, 4) is 0 Å². The van der Waals surface area contributed by atoms with Crippen molar-refractivity contribution in [3.63, 3.8) is 0 Å². The van der Waals surface area contributed by atoms with E-state index in [1.165, 1.54) is 4.70 Å². The fraction of sp³-hybridized carbons (Fsp3) is 0.200. The van der Waals surface area contributed by atoms with E-state index in [9.17, 15) is 4.79 Å². The number of hydrogen-bond donors (Lipinski definition) is 3. The molecule has 3 rings (SSSR count). The number of aromatic nitrogens is 1. The molecule has 0 radical (unpaired) electrons. The Morgan fingerprint density at radius 2 is 1.70 bits per heavy atom. The van der Waals surface area contributed by atoms with Gasteiger partial charge in [0.25, 0.3) is 0 Å². The zero-order chi connectivity index (χ0) is 22.1. The van der Waals surface area contributed by atoms with Gasteiger partial charge in [0.15, 0.2) is 0 Å². The predicted octanol–water partition coefficient (Wildman–Crippen LogP) is 2.85. The van der Waals surface area contributed by atoms with E-state index in [-0.39, 0.29) is 5.91 Å². The number of nitrogens with zero attached hydrogens (tertiary/aromatic N) is 2. The Bertz CT molecular complexity index is 995. The molecule has 158 valence electrons. The van der Waals surface area contributed by atoms with Crippen LogP contribution in [0, 0.1) is 0 Å². The predicted molar refractivity (Wildman–Crippen MR) is 115 cm³/mol. The van der Waals surface area contributed by atoms with Crippen LogP contribution in [0.25, 0.3) is 10.2 Å². The number of para-hydroxylation sites is 1. The Morgan fingerprint density at radius 3 is 2.33 bits per heavy atom. The van der Waals surface area contributed by atoms with Crippen molar-refractivity contribution in [3.05, 3.63) is 64.1 Å². The highest BCUT2D eigenvalue weighted by atomic mass is 35.5. The van der Waals surface area contributed by atoms with Gasteiger partial charge in [-0.25, -0.2) is 14.6 Å². The molecular formula is C20H20ClN3O5S. The molecule has 0 atom stereocenters. The van der Waals surface area contributed by atoms with E-state index >= 15 is 0 Å². The van der Waals surface area contributed by atoms with Crippen LogP contribution in [-0.4, -0.2) is 51.5 Å². The van der Waals surface area contributed by atoms with Gasteiger partial charge in [0.1, 0.15) is 5.01 Å². The molecule has 3 aromatic rings. The van der Waals surface area contributed by atoms with E-state index in [0.29, 0.717) is 24.7 Å². The highest BCUT2D eigenvalue weighted by Crippen LogP contribution is 2.22. The summed E-state index contributed by atoms with van der Waals surface area (Å²) < 4.78 is 1.17. The third kappa shape index (κ3) is 7.43. The van der Waals surface area contributed by atoms with Crippen LogP contribution in [0.5, 0.6) is 0 Å². The van der Waals surface area contributed by atoms with Crippen LogP contribution in [0.15, 0.2) is 48.5 Å². The Kier molecular flexibility index (Phi) is 8.72. The van der Waals surface area contributed by atoms with Gasteiger partial charge in [0.05, 0.1) is 23.3 Å². The molecule has 8 nitrogen and oxygen atoms in total. The van der Waals surface area contributed by atoms with Crippen LogP contribution in [0.3, 0.4) is 0 Å². The number of fused-ring (bicyclic) bond motifs is 1. The third-order valence-corrected chi connectivity index (χ3v) is 5.16. The summed E-state index contributed by atoms with van der Waals surface area (Å²) in [5, 5.41) is 19.4. The highest BCUT2D eigenvalue weighted by molar-refractivity contribution is 7.18. The van der Waals surface area contributed by atoms with Crippen LogP contribution in [0.2, 0.25) is 5.02 Å². The molecule has 0 saturated carbocycles. The van der Waals surface area contributed by atoms with Gasteiger partial charge in [0, 0.05) is 11.6 Å². The Hall–Kier alpha value is -3.01. The van der Waals surface area contributed by atoms with Gasteiger partial charge in [-0.05, 0) is 30.8 Å². The van der Waals surface area contributed by atoms with Crippen LogP contribution in [0.1, 0.15) is 10.6 Å². The number of halogens is 1. The van der Waals surface area contributed by atoms with Gasteiger partial charge in [-0.1, -0.05) is 41.9 Å². The maximum atomic E-state index is 12.1. The first-order valence-corrected chi connectivity index (χ1v) is 9.95. The molecule has 0 saturated heterocycles. The monoisotopic (exact) mass is 449 g/mol. The second-order valence-corrected chi connectivity index (χ2v) is 7.75. The minimum absolute atomic E-state index is 0.0291. The molecular weight excluding hydrogens is 430 g/mol. The molecule has 1 heterocycles. The third-order valence-electron chi connectivity index (χ3n) is 3.77. The van der Waals surface area contributed by atoms with Crippen molar-refractivity contribution in [1.82, 2.24) is 15.2 Å². The summed E-state index contributed by atoms with van der Waals surface area (Å²) in [4.78, 5) is 36.8. The Labute approximate surface area is 181 Å². The van der Waals surface area contributed by atoms with Crippen LogP contribution >= 0.6 is 22.9 Å². The second-order valence-electron chi connectivity index (χ2n) is 6.23. The fourth-order valence-corrected chi connectivity index (χ4v) is 3.66. The van der Waals surface area contributed by atoms with Gasteiger partial charge in [-0.2, -0.15) is 0 Å². The number of rotatable bonds is 6. The minimum atomic E-state index is -1.82. The number of thiazole rings is 1. The number of nitrogens with one attached hydrogen (secondary N) is 1. The number of aliphatic carboxylic acids is 2. The van der Waals surface area contributed by atoms with E-state index in [2.05, 4.69) is 16.4 Å². The average molecular weight is 450 g/mol. The minimum Gasteiger partial charge on any atom is -0.473 e. The van der Waals surface area contributed by atoms with E-state index in [0.717, 1.165) is 16.1 Å². The van der Waals surface area contributed by atoms with Gasteiger partial charge in [-0.3, -0.25) is 9.69 Å². The van der Waals surface area contributed by atoms with Gasteiger partial charge in [0.2, 0.25) is 5.91 Å². The number of carboxylic acid groups (broad SMARTS) is 2. The molecule has 3 N–H and O–H groups in total. The smallest absolute Gasteiger partial charge is 0.414 e. The SMILES string of the molecule is CN(CC(=O)NCc1ccccc1Cl)Cc1nc2ccccc2s1.O=C(O)C(=O)O. The largest absolute Gasteiger partial charge is 0.473 e. The normalized spacial score (nSPS) is 10.4. The highest BCUT2D eigenvalue weighted by Gasteiger charge is 2.10. The molecule has 1 aromatic heterocycles. The number of carboxylic acids is 2. The van der Waals surface area contributed by atoms with Crippen molar-refractivity contribution < 1.29 is 24.6 Å². The molecule has 30 heavy (non-hydrogen) atoms. The molecule has 0 fully saturated rings. The fourth-order valence-electron chi connectivity index (χ4n) is 2.41. The number of benzene rings is 2. The summed E-state index contributed by atoms with van der Waals surface area (Å²) in [5.41, 5.74) is 1.93. The van der Waals surface area contributed by atoms with E-state index in [4.69, 9.17) is 31.4 Å². The standard InChI is InChI=1S/C18H18ClN3OS.C2H2O4/c1-22(12-18-21-15-8-4-5-9-16(15)24-18)11-17(23)20-10-13-6-2-3-7-14(13)19;3-1(4)2(5)6/h2-9H,10-12H2,1H3,(H,20,23);(H,3,4)(H,5,6). The number of carbonyl (C=O) groups excluding carboxylic acids is 1. The average Bonchev–Trinajstić information content (AvgIpc) is 3.09. The first kappa shape index (κ1) is 23.3. The van der Waals surface area contributed by atoms with Gasteiger partial charge in [-0.15, -0.1) is 11.3 Å². The summed E-state index contributed by atoms with van der Waals surface area (Å²) in [6.45, 7) is 1.41. The number of likely N-dealkylation sites (N-methyl/N-ethyl adjacent to an activating group) is 1. The van der Waals surface area contributed by atoms with E-state index < -0.39 is 11.9 Å². The van der Waals surface area contributed by atoms with Crippen LogP contribution in [-0.2, 0) is 27.5 Å². The lowest BCUT2D eigenvalue weighted by Gasteiger charge is -2.15. The molecule has 0 bridgehead atoms. The molecule has 0 aliphatic heterocycles.